The maximum atomic E-state index is 16.1. The highest BCUT2D eigenvalue weighted by molar-refractivity contribution is 7.19. The van der Waals surface area contributed by atoms with Crippen LogP contribution in [-0.4, -0.2) is 13.3 Å². The Kier molecular flexibility index (Phi) is 16.6. The van der Waals surface area contributed by atoms with Gasteiger partial charge in [-0.05, 0) is 54.1 Å². The molecule has 0 saturated carbocycles. The number of para-hydroxylation sites is 1. The van der Waals surface area contributed by atoms with E-state index in [1.807, 2.05) is 17.5 Å². The number of thiophene rings is 2. The average molecular weight is 852 g/mol. The Morgan fingerprint density at radius 2 is 1.05 bits per heavy atom. The molecule has 3 nitrogen and oxygen atoms in total. The van der Waals surface area contributed by atoms with Gasteiger partial charge < -0.3 is 4.57 Å². The fraction of sp³-hybridized carbons (Fsp3) is 0.490. The third kappa shape index (κ3) is 10.7. The Hall–Kier alpha value is -3.46. The Morgan fingerprint density at radius 1 is 0.525 bits per heavy atom. The van der Waals surface area contributed by atoms with Gasteiger partial charge in [-0.3, -0.25) is 0 Å². The molecule has 0 saturated heterocycles. The van der Waals surface area contributed by atoms with Crippen LogP contribution in [0.5, 0.6) is 0 Å². The maximum Gasteiger partial charge on any atom is 0.170 e. The Morgan fingerprint density at radius 3 is 1.63 bits per heavy atom. The van der Waals surface area contributed by atoms with E-state index in [0.717, 1.165) is 22.2 Å². The first-order valence-corrected chi connectivity index (χ1v) is 25.3. The van der Waals surface area contributed by atoms with E-state index in [2.05, 4.69) is 75.7 Å². The van der Waals surface area contributed by atoms with E-state index in [0.29, 0.717) is 26.8 Å². The molecule has 0 radical (unpaired) electrons. The molecule has 0 unspecified atom stereocenters. The molecule has 0 aliphatic heterocycles. The molecule has 7 aromatic rings. The number of benzene rings is 3. The molecule has 7 rings (SSSR count). The average Bonchev–Trinajstić information content (AvgIpc) is 4.10. The lowest BCUT2D eigenvalue weighted by Gasteiger charge is -2.22. The van der Waals surface area contributed by atoms with E-state index >= 15 is 8.78 Å². The zero-order valence-electron chi connectivity index (χ0n) is 35.4. The van der Waals surface area contributed by atoms with Crippen LogP contribution in [0.2, 0.25) is 0 Å². The van der Waals surface area contributed by atoms with Crippen LogP contribution in [0.3, 0.4) is 0 Å². The molecule has 0 bridgehead atoms. The first-order valence-electron chi connectivity index (χ1n) is 22.9. The molecule has 0 fully saturated rings. The topological polar surface area (TPSA) is 30.7 Å². The largest absolute Gasteiger partial charge is 0.337 e. The molecule has 4 heterocycles. The predicted molar refractivity (Wildman–Crippen MR) is 254 cm³/mol. The van der Waals surface area contributed by atoms with Crippen molar-refractivity contribution in [3.63, 3.8) is 0 Å². The van der Waals surface area contributed by atoms with Gasteiger partial charge in [-0.2, -0.15) is 8.75 Å². The number of rotatable bonds is 26. The van der Waals surface area contributed by atoms with Crippen molar-refractivity contribution in [3.8, 4) is 31.3 Å². The summed E-state index contributed by atoms with van der Waals surface area (Å²) in [4.78, 5) is 2.34. The minimum Gasteiger partial charge on any atom is -0.337 e. The second-order valence-corrected chi connectivity index (χ2v) is 19.3. The summed E-state index contributed by atoms with van der Waals surface area (Å²) in [5.74, 6) is -1.72. The molecule has 0 amide bonds. The second-order valence-electron chi connectivity index (χ2n) is 16.7. The molecule has 314 valence electrons. The Labute approximate surface area is 363 Å². The van der Waals surface area contributed by atoms with E-state index in [9.17, 15) is 0 Å². The van der Waals surface area contributed by atoms with Crippen LogP contribution in [0.1, 0.15) is 161 Å². The number of hydrogen-bond acceptors (Lipinski definition) is 5. The van der Waals surface area contributed by atoms with Gasteiger partial charge in [-0.15, -0.1) is 22.7 Å². The fourth-order valence-corrected chi connectivity index (χ4v) is 11.5. The van der Waals surface area contributed by atoms with Gasteiger partial charge in [0.15, 0.2) is 11.6 Å². The molecule has 8 heteroatoms. The van der Waals surface area contributed by atoms with Gasteiger partial charge in [0.2, 0.25) is 0 Å². The highest BCUT2D eigenvalue weighted by Gasteiger charge is 2.27. The maximum absolute atomic E-state index is 16.1. The molecule has 0 atom stereocenters. The third-order valence-electron chi connectivity index (χ3n) is 12.4. The summed E-state index contributed by atoms with van der Waals surface area (Å²) in [6, 6.07) is 23.8. The molecule has 0 aliphatic rings. The predicted octanol–water partition coefficient (Wildman–Crippen LogP) is 18.4. The highest BCUT2D eigenvalue weighted by Crippen LogP contribution is 2.45. The third-order valence-corrected chi connectivity index (χ3v) is 14.9. The lowest BCUT2D eigenvalue weighted by Crippen LogP contribution is -2.09. The van der Waals surface area contributed by atoms with Gasteiger partial charge in [-0.25, -0.2) is 8.78 Å². The summed E-state index contributed by atoms with van der Waals surface area (Å²) in [5.41, 5.74) is 4.92. The minimum atomic E-state index is -0.862. The van der Waals surface area contributed by atoms with Crippen LogP contribution < -0.4 is 0 Å². The van der Waals surface area contributed by atoms with Crippen LogP contribution in [0, 0.1) is 11.6 Å². The van der Waals surface area contributed by atoms with Crippen LogP contribution in [-0.2, 0) is 0 Å². The van der Waals surface area contributed by atoms with Gasteiger partial charge in [0.25, 0.3) is 0 Å². The van der Waals surface area contributed by atoms with Crippen LogP contribution in [0.4, 0.5) is 8.78 Å². The summed E-state index contributed by atoms with van der Waals surface area (Å²) < 4.78 is 43.6. The van der Waals surface area contributed by atoms with Crippen LogP contribution in [0.15, 0.2) is 72.1 Å². The molecule has 3 aromatic carbocycles. The highest BCUT2D eigenvalue weighted by atomic mass is 32.1. The Bertz CT molecular complexity index is 2310. The summed E-state index contributed by atoms with van der Waals surface area (Å²) in [6.45, 7) is 4.58. The van der Waals surface area contributed by atoms with Crippen molar-refractivity contribution in [2.45, 2.75) is 161 Å². The van der Waals surface area contributed by atoms with Gasteiger partial charge in [0.05, 0.1) is 28.4 Å². The summed E-state index contributed by atoms with van der Waals surface area (Å²) >= 11 is 3.87. The SMILES string of the molecule is CCCCCCCCCCCCC(CCCCCCCCCCCC)n1c2ccccc2c2ccc(-c3ccc(-c4c(F)c(F)c(-c5cccs5)c5nsnc45)s3)cc21. The number of halogens is 2. The van der Waals surface area contributed by atoms with Crippen molar-refractivity contribution in [3.05, 3.63) is 83.7 Å². The summed E-state index contributed by atoms with van der Waals surface area (Å²) in [6.07, 6.45) is 29.4. The molecule has 0 N–H and O–H groups in total. The van der Waals surface area contributed by atoms with Gasteiger partial charge in [0, 0.05) is 37.0 Å². The van der Waals surface area contributed by atoms with Gasteiger partial charge >= 0.3 is 0 Å². The molecular weight excluding hydrogens is 789 g/mol. The fourth-order valence-electron chi connectivity index (χ4n) is 9.13. The van der Waals surface area contributed by atoms with Crippen molar-refractivity contribution in [1.82, 2.24) is 13.3 Å². The number of unbranched alkanes of at least 4 members (excludes halogenated alkanes) is 18. The lowest BCUT2D eigenvalue weighted by atomic mass is 9.99. The molecule has 4 aromatic heterocycles. The lowest BCUT2D eigenvalue weighted by molar-refractivity contribution is 0.409. The smallest absolute Gasteiger partial charge is 0.170 e. The summed E-state index contributed by atoms with van der Waals surface area (Å²) in [7, 11) is 0. The van der Waals surface area contributed by atoms with E-state index in [-0.39, 0.29) is 11.1 Å². The normalized spacial score (nSPS) is 12.0. The van der Waals surface area contributed by atoms with E-state index in [1.54, 1.807) is 6.07 Å². The van der Waals surface area contributed by atoms with Gasteiger partial charge in [0.1, 0.15) is 11.0 Å². The standard InChI is InChI=1S/C51H63F2N3S3/c1-3-5-7-9-11-13-15-17-19-21-26-38(27-22-20-18-16-14-12-10-8-6-4-2)56-41-29-24-23-28-39(41)40-32-31-37(36-42(40)56)43-33-34-45(58-43)47-49(53)48(52)46(44-30-25-35-57-44)50-51(47)55-59-54-50/h23-25,28-36,38H,3-22,26-27H2,1-2H3. The van der Waals surface area contributed by atoms with Crippen LogP contribution in [0.25, 0.3) is 64.2 Å². The quantitative estimate of drug-likeness (QED) is 0.0508. The van der Waals surface area contributed by atoms with Crippen molar-refractivity contribution in [2.75, 3.05) is 0 Å². The zero-order valence-corrected chi connectivity index (χ0v) is 37.8. The summed E-state index contributed by atoms with van der Waals surface area (Å²) in [5, 5.41) is 4.45. The van der Waals surface area contributed by atoms with Crippen molar-refractivity contribution in [1.29, 1.82) is 0 Å². The van der Waals surface area contributed by atoms with Crippen molar-refractivity contribution in [2.24, 2.45) is 0 Å². The van der Waals surface area contributed by atoms with E-state index < -0.39 is 11.6 Å². The first kappa shape index (κ1) is 43.6. The monoisotopic (exact) mass is 851 g/mol. The number of hydrogen-bond donors (Lipinski definition) is 0. The number of nitrogens with zero attached hydrogens (tertiary/aromatic N) is 3. The van der Waals surface area contributed by atoms with E-state index in [1.165, 1.54) is 186 Å². The van der Waals surface area contributed by atoms with E-state index in [4.69, 9.17) is 0 Å². The van der Waals surface area contributed by atoms with Crippen molar-refractivity contribution < 1.29 is 8.78 Å². The second kappa shape index (κ2) is 22.4. The molecule has 0 spiro atoms. The number of aromatic nitrogens is 3. The van der Waals surface area contributed by atoms with Gasteiger partial charge in [-0.1, -0.05) is 179 Å². The molecule has 59 heavy (non-hydrogen) atoms. The Balaban J connectivity index is 1.13. The zero-order chi connectivity index (χ0) is 40.8. The first-order chi connectivity index (χ1) is 29.1. The number of fused-ring (bicyclic) bond motifs is 4. The molecular formula is C51H63F2N3S3. The minimum absolute atomic E-state index is 0.199. The molecule has 0 aliphatic carbocycles. The van der Waals surface area contributed by atoms with Crippen LogP contribution >= 0.6 is 34.4 Å². The van der Waals surface area contributed by atoms with Crippen molar-refractivity contribution >= 4 is 67.2 Å².